The van der Waals surface area contributed by atoms with E-state index < -0.39 is 0 Å². The van der Waals surface area contributed by atoms with Crippen molar-refractivity contribution in [1.29, 1.82) is 0 Å². The summed E-state index contributed by atoms with van der Waals surface area (Å²) >= 11 is 5.01. The van der Waals surface area contributed by atoms with Gasteiger partial charge in [-0.3, -0.25) is 0 Å². The van der Waals surface area contributed by atoms with E-state index in [2.05, 4.69) is 33.0 Å². The maximum Gasteiger partial charge on any atom is 0.256 e. The summed E-state index contributed by atoms with van der Waals surface area (Å²) in [5.74, 6) is 0. The molecule has 1 aromatic heterocycles. The van der Waals surface area contributed by atoms with Crippen LogP contribution in [-0.4, -0.2) is 11.0 Å². The van der Waals surface area contributed by atoms with Crippen LogP contribution in [0, 0.1) is 0 Å². The monoisotopic (exact) mass is 312 g/mol. The summed E-state index contributed by atoms with van der Waals surface area (Å²) in [5, 5.41) is 0.776. The van der Waals surface area contributed by atoms with E-state index in [1.165, 1.54) is 0 Å². The second kappa shape index (κ2) is 5.71. The zero-order valence-electron chi connectivity index (χ0n) is 9.34. The number of hydrogen-bond acceptors (Lipinski definition) is 4. The van der Waals surface area contributed by atoms with Gasteiger partial charge in [0.2, 0.25) is 0 Å². The molecule has 3 nitrogen and oxygen atoms in total. The van der Waals surface area contributed by atoms with Crippen LogP contribution in [-0.2, 0) is 0 Å². The van der Waals surface area contributed by atoms with Crippen molar-refractivity contribution < 1.29 is 4.42 Å². The van der Waals surface area contributed by atoms with Crippen LogP contribution in [0.3, 0.4) is 0 Å². The number of rotatable bonds is 4. The Labute approximate surface area is 113 Å². The number of benzene rings is 1. The zero-order chi connectivity index (χ0) is 12.3. The third kappa shape index (κ3) is 3.34. The number of aromatic nitrogens is 1. The van der Waals surface area contributed by atoms with Crippen molar-refractivity contribution >= 4 is 27.7 Å². The third-order valence-electron chi connectivity index (χ3n) is 2.29. The predicted octanol–water partition coefficient (Wildman–Crippen LogP) is 3.62. The number of nitrogens with two attached hydrogens (primary N) is 1. The van der Waals surface area contributed by atoms with Gasteiger partial charge in [0.25, 0.3) is 5.22 Å². The van der Waals surface area contributed by atoms with Crippen LogP contribution < -0.4 is 5.73 Å². The SMILES string of the molecule is CC(N)C(Sc1ncco1)c1cccc(Br)c1. The Morgan fingerprint density at radius 2 is 2.29 bits per heavy atom. The molecular formula is C12H13BrN2OS. The lowest BCUT2D eigenvalue weighted by molar-refractivity contribution is 0.452. The molecule has 0 aliphatic carbocycles. The molecule has 0 saturated carbocycles. The highest BCUT2D eigenvalue weighted by molar-refractivity contribution is 9.10. The molecule has 0 aliphatic rings. The van der Waals surface area contributed by atoms with Crippen LogP contribution in [0.2, 0.25) is 0 Å². The molecule has 0 aliphatic heterocycles. The Kier molecular flexibility index (Phi) is 4.25. The summed E-state index contributed by atoms with van der Waals surface area (Å²) in [6.07, 6.45) is 3.21. The molecule has 0 fully saturated rings. The van der Waals surface area contributed by atoms with Gasteiger partial charge < -0.3 is 10.2 Å². The molecule has 0 spiro atoms. The van der Waals surface area contributed by atoms with Gasteiger partial charge in [-0.1, -0.05) is 39.8 Å². The first kappa shape index (κ1) is 12.7. The molecule has 2 rings (SSSR count). The third-order valence-corrected chi connectivity index (χ3v) is 4.14. The standard InChI is InChI=1S/C12H13BrN2OS/c1-8(14)11(17-12-15-5-6-16-12)9-3-2-4-10(13)7-9/h2-8,11H,14H2,1H3. The minimum absolute atomic E-state index is 0.0150. The molecule has 2 unspecified atom stereocenters. The van der Waals surface area contributed by atoms with Crippen molar-refractivity contribution in [2.24, 2.45) is 5.73 Å². The number of halogens is 1. The maximum absolute atomic E-state index is 6.03. The summed E-state index contributed by atoms with van der Waals surface area (Å²) < 4.78 is 6.30. The van der Waals surface area contributed by atoms with E-state index in [1.807, 2.05) is 19.1 Å². The van der Waals surface area contributed by atoms with Gasteiger partial charge in [0.1, 0.15) is 6.26 Å². The molecule has 2 N–H and O–H groups in total. The summed E-state index contributed by atoms with van der Waals surface area (Å²) in [6.45, 7) is 1.99. The van der Waals surface area contributed by atoms with Gasteiger partial charge in [-0.05, 0) is 24.6 Å². The molecule has 1 heterocycles. The van der Waals surface area contributed by atoms with Crippen molar-refractivity contribution in [1.82, 2.24) is 4.98 Å². The highest BCUT2D eigenvalue weighted by atomic mass is 79.9. The fraction of sp³-hybridized carbons (Fsp3) is 0.250. The molecule has 0 saturated heterocycles. The van der Waals surface area contributed by atoms with Crippen LogP contribution in [0.4, 0.5) is 0 Å². The topological polar surface area (TPSA) is 52.0 Å². The van der Waals surface area contributed by atoms with E-state index in [1.54, 1.807) is 24.2 Å². The minimum atomic E-state index is 0.0150. The molecule has 2 aromatic rings. The van der Waals surface area contributed by atoms with Gasteiger partial charge in [0.15, 0.2) is 0 Å². The Morgan fingerprint density at radius 3 is 2.88 bits per heavy atom. The molecular weight excluding hydrogens is 300 g/mol. The Balaban J connectivity index is 2.23. The van der Waals surface area contributed by atoms with Crippen LogP contribution in [0.5, 0.6) is 0 Å². The lowest BCUT2D eigenvalue weighted by atomic mass is 10.1. The Morgan fingerprint density at radius 1 is 1.47 bits per heavy atom. The highest BCUT2D eigenvalue weighted by Crippen LogP contribution is 2.36. The van der Waals surface area contributed by atoms with E-state index in [0.29, 0.717) is 5.22 Å². The molecule has 0 radical (unpaired) electrons. The second-order valence-corrected chi connectivity index (χ2v) is 5.76. The van der Waals surface area contributed by atoms with E-state index in [-0.39, 0.29) is 11.3 Å². The molecule has 5 heteroatoms. The van der Waals surface area contributed by atoms with Gasteiger partial charge in [-0.2, -0.15) is 0 Å². The van der Waals surface area contributed by atoms with Crippen molar-refractivity contribution in [2.45, 2.75) is 23.4 Å². The first-order valence-corrected chi connectivity index (χ1v) is 6.91. The first-order valence-electron chi connectivity index (χ1n) is 5.24. The Hall–Kier alpha value is -0.780. The molecule has 90 valence electrons. The lowest BCUT2D eigenvalue weighted by Gasteiger charge is -2.19. The van der Waals surface area contributed by atoms with Crippen LogP contribution in [0.15, 0.2) is 50.8 Å². The van der Waals surface area contributed by atoms with E-state index >= 15 is 0 Å². The maximum atomic E-state index is 6.03. The molecule has 17 heavy (non-hydrogen) atoms. The molecule has 2 atom stereocenters. The molecule has 0 bridgehead atoms. The van der Waals surface area contributed by atoms with Crippen molar-refractivity contribution in [2.75, 3.05) is 0 Å². The lowest BCUT2D eigenvalue weighted by Crippen LogP contribution is -2.22. The number of thioether (sulfide) groups is 1. The predicted molar refractivity (Wildman–Crippen MR) is 72.9 cm³/mol. The van der Waals surface area contributed by atoms with E-state index in [4.69, 9.17) is 10.2 Å². The second-order valence-electron chi connectivity index (χ2n) is 3.75. The summed E-state index contributed by atoms with van der Waals surface area (Å²) in [7, 11) is 0. The first-order chi connectivity index (χ1) is 8.16. The van der Waals surface area contributed by atoms with Crippen LogP contribution in [0.1, 0.15) is 17.7 Å². The quantitative estimate of drug-likeness (QED) is 0.876. The van der Waals surface area contributed by atoms with Crippen molar-refractivity contribution in [3.63, 3.8) is 0 Å². The van der Waals surface area contributed by atoms with Crippen LogP contribution in [0.25, 0.3) is 0 Å². The van der Waals surface area contributed by atoms with Crippen molar-refractivity contribution in [3.8, 4) is 0 Å². The minimum Gasteiger partial charge on any atom is -0.440 e. The van der Waals surface area contributed by atoms with Gasteiger partial charge >= 0.3 is 0 Å². The summed E-state index contributed by atoms with van der Waals surface area (Å²) in [4.78, 5) is 4.12. The summed E-state index contributed by atoms with van der Waals surface area (Å²) in [6, 6.07) is 8.16. The van der Waals surface area contributed by atoms with Gasteiger partial charge in [-0.25, -0.2) is 4.98 Å². The van der Waals surface area contributed by atoms with E-state index in [9.17, 15) is 0 Å². The largest absolute Gasteiger partial charge is 0.440 e. The average Bonchev–Trinajstić information content (AvgIpc) is 2.78. The van der Waals surface area contributed by atoms with Crippen LogP contribution >= 0.6 is 27.7 Å². The fourth-order valence-electron chi connectivity index (χ4n) is 1.54. The van der Waals surface area contributed by atoms with Crippen molar-refractivity contribution in [3.05, 3.63) is 46.8 Å². The van der Waals surface area contributed by atoms with Gasteiger partial charge in [-0.15, -0.1) is 0 Å². The average molecular weight is 313 g/mol. The zero-order valence-corrected chi connectivity index (χ0v) is 11.7. The number of hydrogen-bond donors (Lipinski definition) is 1. The van der Waals surface area contributed by atoms with Gasteiger partial charge in [0.05, 0.1) is 11.4 Å². The normalized spacial score (nSPS) is 14.5. The number of oxazole rings is 1. The number of nitrogens with zero attached hydrogens (tertiary/aromatic N) is 1. The molecule has 0 amide bonds. The van der Waals surface area contributed by atoms with E-state index in [0.717, 1.165) is 10.0 Å². The highest BCUT2D eigenvalue weighted by Gasteiger charge is 2.20. The fourth-order valence-corrected chi connectivity index (χ4v) is 2.90. The van der Waals surface area contributed by atoms with Gasteiger partial charge in [0, 0.05) is 10.5 Å². The smallest absolute Gasteiger partial charge is 0.256 e. The Bertz CT molecular complexity index is 473. The molecule has 1 aromatic carbocycles. The summed E-state index contributed by atoms with van der Waals surface area (Å²) in [5.41, 5.74) is 7.19.